The van der Waals surface area contributed by atoms with Crippen molar-refractivity contribution in [3.63, 3.8) is 0 Å². The number of rotatable bonds is 13. The molecule has 1 aromatic heterocycles. The highest BCUT2D eigenvalue weighted by atomic mass is 32.1. The summed E-state index contributed by atoms with van der Waals surface area (Å²) in [6.45, 7) is 4.70. The summed E-state index contributed by atoms with van der Waals surface area (Å²) >= 11 is 1.18. The summed E-state index contributed by atoms with van der Waals surface area (Å²) in [5, 5.41) is 12.8. The molecular formula is C33H33N3O5S. The quantitative estimate of drug-likeness (QED) is 0.167. The number of esters is 1. The van der Waals surface area contributed by atoms with Crippen LogP contribution in [0, 0.1) is 6.92 Å². The predicted octanol–water partition coefficient (Wildman–Crippen LogP) is 5.84. The number of nitrogens with one attached hydrogen (secondary N) is 1. The molecule has 0 fully saturated rings. The number of aromatic nitrogens is 2. The molecule has 2 N–H and O–H groups in total. The second-order valence-electron chi connectivity index (χ2n) is 9.76. The minimum absolute atomic E-state index is 0.240. The van der Waals surface area contributed by atoms with Crippen molar-refractivity contribution in [2.75, 3.05) is 13.2 Å². The van der Waals surface area contributed by atoms with Crippen LogP contribution in [0.1, 0.15) is 29.2 Å². The number of nitrogens with zero attached hydrogens (tertiary/aromatic N) is 2. The fraction of sp³-hybridized carbons (Fsp3) is 0.242. The molecule has 9 heteroatoms. The lowest BCUT2D eigenvalue weighted by molar-refractivity contribution is -0.146. The maximum atomic E-state index is 12.2. The minimum Gasteiger partial charge on any atom is -0.489 e. The molecule has 0 saturated heterocycles. The van der Waals surface area contributed by atoms with E-state index in [0.717, 1.165) is 27.7 Å². The Hall–Kier alpha value is -4.31. The summed E-state index contributed by atoms with van der Waals surface area (Å²) in [5.41, 5.74) is 8.04. The van der Waals surface area contributed by atoms with Crippen molar-refractivity contribution >= 4 is 28.7 Å². The number of carbonyl (C=O) groups is 1. The summed E-state index contributed by atoms with van der Waals surface area (Å²) in [5.74, 6) is 0.758. The molecular weight excluding hydrogens is 550 g/mol. The summed E-state index contributed by atoms with van der Waals surface area (Å²) in [4.78, 5) is 12.2. The molecule has 1 unspecified atom stereocenters. The largest absolute Gasteiger partial charge is 0.489 e. The van der Waals surface area contributed by atoms with Crippen molar-refractivity contribution in [1.82, 2.24) is 14.1 Å². The standard InChI is InChI=1S/C33H33N3O5S/c1-3-39-33(38)31(19-37)34-18-25-13-14-27(17-32(25)41-20-23-12-15-29-30(16-23)36-42-35-29)40-21-26-10-7-11-28(22(26)2)24-8-5-4-6-9-24/h4-17,31,34,37H,3,18-21H2,1-2H3. The second kappa shape index (κ2) is 14.0. The third-order valence-electron chi connectivity index (χ3n) is 6.97. The first-order valence-corrected chi connectivity index (χ1v) is 14.5. The van der Waals surface area contributed by atoms with Gasteiger partial charge in [-0.05, 0) is 59.9 Å². The van der Waals surface area contributed by atoms with Gasteiger partial charge in [-0.1, -0.05) is 60.7 Å². The van der Waals surface area contributed by atoms with Crippen molar-refractivity contribution in [2.45, 2.75) is 39.6 Å². The highest BCUT2D eigenvalue weighted by Crippen LogP contribution is 2.29. The summed E-state index contributed by atoms with van der Waals surface area (Å²) in [6.07, 6.45) is 0. The Morgan fingerprint density at radius 2 is 1.74 bits per heavy atom. The van der Waals surface area contributed by atoms with E-state index >= 15 is 0 Å². The average molecular weight is 584 g/mol. The van der Waals surface area contributed by atoms with E-state index in [9.17, 15) is 9.90 Å². The van der Waals surface area contributed by atoms with Gasteiger partial charge in [0, 0.05) is 18.2 Å². The van der Waals surface area contributed by atoms with Gasteiger partial charge in [0.15, 0.2) is 0 Å². The third-order valence-corrected chi connectivity index (χ3v) is 7.53. The molecule has 0 amide bonds. The Morgan fingerprint density at radius 1 is 0.905 bits per heavy atom. The summed E-state index contributed by atoms with van der Waals surface area (Å²) < 4.78 is 26.2. The van der Waals surface area contributed by atoms with Gasteiger partial charge in [-0.2, -0.15) is 8.75 Å². The molecule has 1 atom stereocenters. The first-order chi connectivity index (χ1) is 20.6. The van der Waals surface area contributed by atoms with Crippen molar-refractivity contribution in [1.29, 1.82) is 0 Å². The molecule has 4 aromatic carbocycles. The van der Waals surface area contributed by atoms with Gasteiger partial charge in [0.2, 0.25) is 0 Å². The van der Waals surface area contributed by atoms with Gasteiger partial charge >= 0.3 is 5.97 Å². The Balaban J connectivity index is 1.34. The highest BCUT2D eigenvalue weighted by molar-refractivity contribution is 7.00. The molecule has 1 heterocycles. The van der Waals surface area contributed by atoms with Gasteiger partial charge in [-0.3, -0.25) is 10.1 Å². The molecule has 0 spiro atoms. The van der Waals surface area contributed by atoms with Crippen molar-refractivity contribution in [3.8, 4) is 22.6 Å². The monoisotopic (exact) mass is 583 g/mol. The van der Waals surface area contributed by atoms with Crippen LogP contribution in [0.15, 0.2) is 84.9 Å². The van der Waals surface area contributed by atoms with Crippen molar-refractivity contribution < 1.29 is 24.1 Å². The first-order valence-electron chi connectivity index (χ1n) is 13.8. The maximum Gasteiger partial charge on any atom is 0.325 e. The number of carbonyl (C=O) groups excluding carboxylic acids is 1. The Bertz CT molecular complexity index is 1640. The zero-order valence-electron chi connectivity index (χ0n) is 23.6. The van der Waals surface area contributed by atoms with E-state index in [1.807, 2.05) is 60.7 Å². The fourth-order valence-electron chi connectivity index (χ4n) is 4.61. The molecule has 0 saturated carbocycles. The Kier molecular flexibility index (Phi) is 9.76. The number of fused-ring (bicyclic) bond motifs is 1. The van der Waals surface area contributed by atoms with E-state index in [4.69, 9.17) is 14.2 Å². The van der Waals surface area contributed by atoms with Crippen LogP contribution in [0.4, 0.5) is 0 Å². The van der Waals surface area contributed by atoms with Crippen LogP contribution in [-0.2, 0) is 29.3 Å². The fourth-order valence-corrected chi connectivity index (χ4v) is 5.13. The van der Waals surface area contributed by atoms with Crippen LogP contribution >= 0.6 is 11.7 Å². The van der Waals surface area contributed by atoms with E-state index < -0.39 is 12.0 Å². The predicted molar refractivity (Wildman–Crippen MR) is 163 cm³/mol. The molecule has 8 nitrogen and oxygen atoms in total. The SMILES string of the molecule is CCOC(=O)C(CO)NCc1ccc(OCc2cccc(-c3ccccc3)c2C)cc1OCc1ccc2nsnc2c1. The van der Waals surface area contributed by atoms with Gasteiger partial charge in [-0.25, -0.2) is 0 Å². The molecule has 0 bridgehead atoms. The molecule has 5 aromatic rings. The van der Waals surface area contributed by atoms with Crippen LogP contribution in [0.3, 0.4) is 0 Å². The second-order valence-corrected chi connectivity index (χ2v) is 10.3. The van der Waals surface area contributed by atoms with E-state index in [2.05, 4.69) is 45.3 Å². The van der Waals surface area contributed by atoms with Gasteiger partial charge in [0.05, 0.1) is 24.9 Å². The highest BCUT2D eigenvalue weighted by Gasteiger charge is 2.19. The van der Waals surface area contributed by atoms with Crippen molar-refractivity contribution in [2.24, 2.45) is 0 Å². The smallest absolute Gasteiger partial charge is 0.325 e. The summed E-state index contributed by atoms with van der Waals surface area (Å²) in [6, 6.07) is 27.2. The van der Waals surface area contributed by atoms with E-state index in [0.29, 0.717) is 24.7 Å². The van der Waals surface area contributed by atoms with Gasteiger partial charge in [0.1, 0.15) is 41.8 Å². The molecule has 0 aliphatic rings. The zero-order valence-corrected chi connectivity index (χ0v) is 24.4. The number of hydrogen-bond acceptors (Lipinski definition) is 9. The van der Waals surface area contributed by atoms with Crippen LogP contribution in [0.25, 0.3) is 22.2 Å². The number of ether oxygens (including phenoxy) is 3. The Morgan fingerprint density at radius 3 is 2.55 bits per heavy atom. The van der Waals surface area contributed by atoms with Gasteiger partial charge in [0.25, 0.3) is 0 Å². The lowest BCUT2D eigenvalue weighted by Crippen LogP contribution is -2.40. The number of hydrogen-bond donors (Lipinski definition) is 2. The van der Waals surface area contributed by atoms with E-state index in [1.54, 1.807) is 6.92 Å². The topological polar surface area (TPSA) is 103 Å². The lowest BCUT2D eigenvalue weighted by atomic mass is 9.97. The van der Waals surface area contributed by atoms with Gasteiger partial charge in [-0.15, -0.1) is 0 Å². The van der Waals surface area contributed by atoms with Crippen LogP contribution in [-0.4, -0.2) is 39.1 Å². The van der Waals surface area contributed by atoms with Crippen LogP contribution < -0.4 is 14.8 Å². The molecule has 5 rings (SSSR count). The molecule has 0 radical (unpaired) electrons. The summed E-state index contributed by atoms with van der Waals surface area (Å²) in [7, 11) is 0. The zero-order chi connectivity index (χ0) is 29.3. The van der Waals surface area contributed by atoms with Crippen LogP contribution in [0.5, 0.6) is 11.5 Å². The average Bonchev–Trinajstić information content (AvgIpc) is 3.49. The van der Waals surface area contributed by atoms with E-state index in [-0.39, 0.29) is 19.8 Å². The van der Waals surface area contributed by atoms with Crippen LogP contribution in [0.2, 0.25) is 0 Å². The lowest BCUT2D eigenvalue weighted by Gasteiger charge is -2.18. The number of benzene rings is 4. The first kappa shape index (κ1) is 29.2. The van der Waals surface area contributed by atoms with Crippen molar-refractivity contribution in [3.05, 3.63) is 107 Å². The number of aliphatic hydroxyl groups excluding tert-OH is 1. The molecule has 42 heavy (non-hydrogen) atoms. The molecule has 216 valence electrons. The normalized spacial score (nSPS) is 11.8. The maximum absolute atomic E-state index is 12.2. The Labute approximate surface area is 249 Å². The number of aliphatic hydroxyl groups is 1. The third kappa shape index (κ3) is 7.12. The minimum atomic E-state index is -0.840. The van der Waals surface area contributed by atoms with Gasteiger partial charge < -0.3 is 19.3 Å². The molecule has 0 aliphatic heterocycles. The van der Waals surface area contributed by atoms with E-state index in [1.165, 1.54) is 28.4 Å². The molecule has 0 aliphatic carbocycles.